The van der Waals surface area contributed by atoms with Crippen LogP contribution in [-0.4, -0.2) is 16.9 Å². The van der Waals surface area contributed by atoms with Gasteiger partial charge in [0.25, 0.3) is 0 Å². The van der Waals surface area contributed by atoms with Gasteiger partial charge in [-0.3, -0.25) is 16.0 Å². The maximum absolute atomic E-state index is 5.74. The fraction of sp³-hybridized carbons (Fsp3) is 0.786. The van der Waals surface area contributed by atoms with Crippen molar-refractivity contribution in [3.63, 3.8) is 0 Å². The van der Waals surface area contributed by atoms with Crippen LogP contribution in [0, 0.1) is 5.41 Å². The summed E-state index contributed by atoms with van der Waals surface area (Å²) in [5.41, 5.74) is 4.25. The highest BCUT2D eigenvalue weighted by Gasteiger charge is 2.23. The van der Waals surface area contributed by atoms with Crippen molar-refractivity contribution in [3.05, 3.63) is 11.9 Å². The third-order valence-electron chi connectivity index (χ3n) is 3.21. The topological polar surface area (TPSA) is 65.1 Å². The molecule has 5 heteroatoms. The Bertz CT molecular complexity index is 381. The lowest BCUT2D eigenvalue weighted by Gasteiger charge is -2.24. The fourth-order valence-corrected chi connectivity index (χ4v) is 2.15. The second kappa shape index (κ2) is 6.91. The molecule has 0 saturated carbocycles. The van der Waals surface area contributed by atoms with Gasteiger partial charge in [-0.2, -0.15) is 5.10 Å². The van der Waals surface area contributed by atoms with Crippen LogP contribution in [0.3, 0.4) is 0 Å². The molecular formula is C14H28N4O. The number of nitrogens with two attached hydrogens (primary N) is 1. The average molecular weight is 268 g/mol. The number of rotatable bonds is 7. The summed E-state index contributed by atoms with van der Waals surface area (Å²) in [6, 6.07) is 0.0724. The van der Waals surface area contributed by atoms with Gasteiger partial charge in [-0.25, -0.2) is 0 Å². The van der Waals surface area contributed by atoms with Crippen molar-refractivity contribution in [1.82, 2.24) is 15.2 Å². The normalized spacial score (nSPS) is 13.6. The predicted molar refractivity (Wildman–Crippen MR) is 77.8 cm³/mol. The molecule has 0 aliphatic rings. The maximum atomic E-state index is 5.74. The first-order chi connectivity index (χ1) is 8.92. The van der Waals surface area contributed by atoms with E-state index in [2.05, 4.69) is 38.2 Å². The van der Waals surface area contributed by atoms with E-state index in [0.717, 1.165) is 37.3 Å². The summed E-state index contributed by atoms with van der Waals surface area (Å²) in [7, 11) is 1.67. The monoisotopic (exact) mass is 268 g/mol. The highest BCUT2D eigenvalue weighted by Crippen LogP contribution is 2.31. The maximum Gasteiger partial charge on any atom is 0.161 e. The number of hydrogen-bond donors (Lipinski definition) is 2. The van der Waals surface area contributed by atoms with Crippen molar-refractivity contribution in [2.75, 3.05) is 7.11 Å². The molecule has 0 fully saturated rings. The van der Waals surface area contributed by atoms with E-state index >= 15 is 0 Å². The average Bonchev–Trinajstić information content (AvgIpc) is 2.73. The molecule has 1 aromatic heterocycles. The van der Waals surface area contributed by atoms with Crippen LogP contribution in [-0.2, 0) is 6.54 Å². The molecular weight excluding hydrogens is 240 g/mol. The number of hydrogen-bond acceptors (Lipinski definition) is 4. The van der Waals surface area contributed by atoms with E-state index in [1.165, 1.54) is 0 Å². The zero-order valence-electron chi connectivity index (χ0n) is 12.9. The minimum absolute atomic E-state index is 0.0724. The Hall–Kier alpha value is -1.07. The first-order valence-electron chi connectivity index (χ1n) is 6.98. The summed E-state index contributed by atoms with van der Waals surface area (Å²) in [4.78, 5) is 0. The Morgan fingerprint density at radius 2 is 2.16 bits per heavy atom. The van der Waals surface area contributed by atoms with Gasteiger partial charge < -0.3 is 4.74 Å². The Morgan fingerprint density at radius 3 is 2.63 bits per heavy atom. The predicted octanol–water partition coefficient (Wildman–Crippen LogP) is 2.63. The summed E-state index contributed by atoms with van der Waals surface area (Å²) in [5, 5.41) is 4.39. The van der Waals surface area contributed by atoms with Gasteiger partial charge in [-0.1, -0.05) is 27.7 Å². The number of aromatic nitrogens is 2. The van der Waals surface area contributed by atoms with Gasteiger partial charge in [0.1, 0.15) is 0 Å². The van der Waals surface area contributed by atoms with Crippen LogP contribution in [0.5, 0.6) is 5.75 Å². The lowest BCUT2D eigenvalue weighted by Crippen LogP contribution is -2.31. The molecule has 0 aliphatic heterocycles. The molecule has 5 nitrogen and oxygen atoms in total. The first-order valence-corrected chi connectivity index (χ1v) is 6.98. The fourth-order valence-electron chi connectivity index (χ4n) is 2.15. The van der Waals surface area contributed by atoms with Gasteiger partial charge in [0, 0.05) is 6.54 Å². The second-order valence-corrected chi connectivity index (χ2v) is 6.14. The minimum atomic E-state index is 0.0724. The highest BCUT2D eigenvalue weighted by atomic mass is 16.5. The van der Waals surface area contributed by atoms with Crippen molar-refractivity contribution < 1.29 is 4.74 Å². The Balaban J connectivity index is 2.92. The number of hydrazine groups is 1. The van der Waals surface area contributed by atoms with Crippen LogP contribution in [0.2, 0.25) is 0 Å². The largest absolute Gasteiger partial charge is 0.493 e. The van der Waals surface area contributed by atoms with E-state index in [-0.39, 0.29) is 11.5 Å². The smallest absolute Gasteiger partial charge is 0.161 e. The second-order valence-electron chi connectivity index (χ2n) is 6.14. The van der Waals surface area contributed by atoms with Gasteiger partial charge in [0.2, 0.25) is 0 Å². The Labute approximate surface area is 116 Å². The molecule has 0 radical (unpaired) electrons. The third kappa shape index (κ3) is 4.51. The molecule has 3 N–H and O–H groups in total. The number of ether oxygens (including phenoxy) is 1. The lowest BCUT2D eigenvalue weighted by molar-refractivity contribution is 0.318. The zero-order chi connectivity index (χ0) is 14.5. The van der Waals surface area contributed by atoms with E-state index in [9.17, 15) is 0 Å². The molecule has 110 valence electrons. The molecule has 0 bridgehead atoms. The van der Waals surface area contributed by atoms with Gasteiger partial charge in [-0.05, 0) is 24.7 Å². The van der Waals surface area contributed by atoms with Crippen molar-refractivity contribution in [2.45, 2.75) is 59.5 Å². The zero-order valence-corrected chi connectivity index (χ0v) is 12.9. The van der Waals surface area contributed by atoms with Crippen molar-refractivity contribution in [3.8, 4) is 5.75 Å². The third-order valence-corrected chi connectivity index (χ3v) is 3.21. The van der Waals surface area contributed by atoms with Crippen molar-refractivity contribution in [1.29, 1.82) is 0 Å². The van der Waals surface area contributed by atoms with E-state index < -0.39 is 0 Å². The molecule has 1 aromatic rings. The summed E-state index contributed by atoms with van der Waals surface area (Å²) in [6.45, 7) is 9.73. The van der Waals surface area contributed by atoms with Gasteiger partial charge in [0.05, 0.1) is 25.0 Å². The number of nitrogens with one attached hydrogen (secondary N) is 1. The molecule has 1 rings (SSSR count). The van der Waals surface area contributed by atoms with Crippen LogP contribution in [0.25, 0.3) is 0 Å². The number of aryl methyl sites for hydroxylation is 1. The van der Waals surface area contributed by atoms with Gasteiger partial charge in [0.15, 0.2) is 5.75 Å². The molecule has 1 atom stereocenters. The molecule has 0 aliphatic carbocycles. The van der Waals surface area contributed by atoms with E-state index in [1.54, 1.807) is 13.3 Å². The summed E-state index contributed by atoms with van der Waals surface area (Å²) >= 11 is 0. The number of methoxy groups -OCH3 is 1. The van der Waals surface area contributed by atoms with Gasteiger partial charge in [-0.15, -0.1) is 0 Å². The Morgan fingerprint density at radius 1 is 1.47 bits per heavy atom. The Kier molecular flexibility index (Phi) is 5.82. The summed E-state index contributed by atoms with van der Waals surface area (Å²) < 4.78 is 7.40. The van der Waals surface area contributed by atoms with E-state index in [0.29, 0.717) is 0 Å². The summed E-state index contributed by atoms with van der Waals surface area (Å²) in [6.07, 6.45) is 4.86. The van der Waals surface area contributed by atoms with E-state index in [4.69, 9.17) is 10.6 Å². The quantitative estimate of drug-likeness (QED) is 0.589. The summed E-state index contributed by atoms with van der Waals surface area (Å²) in [5.74, 6) is 6.55. The van der Waals surface area contributed by atoms with Gasteiger partial charge >= 0.3 is 0 Å². The SMILES string of the molecule is CCCn1ncc(OC)c1C(CCC(C)(C)C)NN. The lowest BCUT2D eigenvalue weighted by atomic mass is 9.88. The minimum Gasteiger partial charge on any atom is -0.493 e. The van der Waals surface area contributed by atoms with E-state index in [1.807, 2.05) is 4.68 Å². The molecule has 0 amide bonds. The van der Waals surface area contributed by atoms with Crippen LogP contribution < -0.4 is 16.0 Å². The highest BCUT2D eigenvalue weighted by molar-refractivity contribution is 5.28. The molecule has 0 saturated heterocycles. The van der Waals surface area contributed by atoms with Crippen molar-refractivity contribution in [2.24, 2.45) is 11.3 Å². The van der Waals surface area contributed by atoms with Crippen LogP contribution in [0.4, 0.5) is 0 Å². The standard InChI is InChI=1S/C14H28N4O/c1-6-9-18-13(12(19-5)10-16-18)11(17-15)7-8-14(2,3)4/h10-11,17H,6-9,15H2,1-5H3. The number of nitrogens with zero attached hydrogens (tertiary/aromatic N) is 2. The van der Waals surface area contributed by atoms with Crippen LogP contribution in [0.15, 0.2) is 6.20 Å². The van der Waals surface area contributed by atoms with Crippen molar-refractivity contribution >= 4 is 0 Å². The molecule has 0 aromatic carbocycles. The molecule has 19 heavy (non-hydrogen) atoms. The molecule has 1 unspecified atom stereocenters. The molecule has 0 spiro atoms. The molecule has 1 heterocycles. The first kappa shape index (κ1) is 16.0. The van der Waals surface area contributed by atoms with Crippen LogP contribution in [0.1, 0.15) is 58.7 Å². The van der Waals surface area contributed by atoms with Crippen LogP contribution >= 0.6 is 0 Å².